The van der Waals surface area contributed by atoms with Crippen LogP contribution >= 0.6 is 0 Å². The number of nitrogens with two attached hydrogens (primary N) is 1. The molecule has 1 fully saturated rings. The van der Waals surface area contributed by atoms with E-state index in [0.29, 0.717) is 6.04 Å². The second-order valence-corrected chi connectivity index (χ2v) is 4.81. The van der Waals surface area contributed by atoms with Crippen LogP contribution in [-0.2, 0) is 11.3 Å². The van der Waals surface area contributed by atoms with Crippen LogP contribution in [0.1, 0.15) is 24.5 Å². The third kappa shape index (κ3) is 2.99. The van der Waals surface area contributed by atoms with Gasteiger partial charge in [0, 0.05) is 24.8 Å². The fourth-order valence-corrected chi connectivity index (χ4v) is 2.36. The summed E-state index contributed by atoms with van der Waals surface area (Å²) in [5, 5.41) is 0. The number of nitrogens with zero attached hydrogens (tertiary/aromatic N) is 1. The van der Waals surface area contributed by atoms with E-state index in [1.807, 2.05) is 6.07 Å². The average Bonchev–Trinajstić information content (AvgIpc) is 2.34. The smallest absolute Gasteiger partial charge is 0.0622 e. The van der Waals surface area contributed by atoms with Gasteiger partial charge in [-0.3, -0.25) is 4.90 Å². The van der Waals surface area contributed by atoms with Gasteiger partial charge < -0.3 is 10.5 Å². The Bertz CT molecular complexity index is 378. The van der Waals surface area contributed by atoms with E-state index >= 15 is 0 Å². The first-order chi connectivity index (χ1) is 8.20. The molecule has 2 rings (SSSR count). The number of aryl methyl sites for hydroxylation is 1. The minimum Gasteiger partial charge on any atom is -0.398 e. The van der Waals surface area contributed by atoms with E-state index < -0.39 is 0 Å². The highest BCUT2D eigenvalue weighted by Crippen LogP contribution is 2.19. The van der Waals surface area contributed by atoms with E-state index in [4.69, 9.17) is 10.5 Å². The van der Waals surface area contributed by atoms with Gasteiger partial charge in [-0.1, -0.05) is 24.6 Å². The maximum absolute atomic E-state index is 6.04. The number of ether oxygens (including phenoxy) is 1. The summed E-state index contributed by atoms with van der Waals surface area (Å²) in [6.45, 7) is 7.96. The van der Waals surface area contributed by atoms with E-state index in [9.17, 15) is 0 Å². The fraction of sp³-hybridized carbons (Fsp3) is 0.571. The lowest BCUT2D eigenvalue weighted by atomic mass is 10.1. The Labute approximate surface area is 104 Å². The molecule has 2 N–H and O–H groups in total. The topological polar surface area (TPSA) is 38.5 Å². The summed E-state index contributed by atoms with van der Waals surface area (Å²) in [4.78, 5) is 2.48. The van der Waals surface area contributed by atoms with E-state index in [0.717, 1.165) is 38.4 Å². The molecule has 1 aliphatic heterocycles. The molecule has 0 spiro atoms. The molecule has 0 aliphatic carbocycles. The fourth-order valence-electron chi connectivity index (χ4n) is 2.36. The number of morpholine rings is 1. The first kappa shape index (κ1) is 12.4. The van der Waals surface area contributed by atoms with Crippen LogP contribution in [0.5, 0.6) is 0 Å². The van der Waals surface area contributed by atoms with Crippen LogP contribution in [0.25, 0.3) is 0 Å². The van der Waals surface area contributed by atoms with Crippen LogP contribution in [-0.4, -0.2) is 30.7 Å². The van der Waals surface area contributed by atoms with Crippen LogP contribution in [0.2, 0.25) is 0 Å². The van der Waals surface area contributed by atoms with E-state index in [1.54, 1.807) is 0 Å². The molecule has 17 heavy (non-hydrogen) atoms. The molecule has 1 heterocycles. The average molecular weight is 234 g/mol. The summed E-state index contributed by atoms with van der Waals surface area (Å²) in [5.74, 6) is 0. The molecule has 3 nitrogen and oxygen atoms in total. The van der Waals surface area contributed by atoms with Gasteiger partial charge in [-0.2, -0.15) is 0 Å². The molecule has 1 unspecified atom stereocenters. The maximum Gasteiger partial charge on any atom is 0.0622 e. The van der Waals surface area contributed by atoms with Crippen molar-refractivity contribution in [1.82, 2.24) is 4.90 Å². The van der Waals surface area contributed by atoms with Crippen molar-refractivity contribution in [2.45, 2.75) is 32.9 Å². The molecule has 0 saturated carbocycles. The molecule has 0 radical (unpaired) electrons. The van der Waals surface area contributed by atoms with E-state index in [-0.39, 0.29) is 0 Å². The monoisotopic (exact) mass is 234 g/mol. The summed E-state index contributed by atoms with van der Waals surface area (Å²) in [6, 6.07) is 6.79. The van der Waals surface area contributed by atoms with E-state index in [1.165, 1.54) is 11.1 Å². The summed E-state index contributed by atoms with van der Waals surface area (Å²) in [6.07, 6.45) is 1.13. The van der Waals surface area contributed by atoms with Gasteiger partial charge in [0.1, 0.15) is 0 Å². The zero-order valence-electron chi connectivity index (χ0n) is 10.8. The lowest BCUT2D eigenvalue weighted by Gasteiger charge is -2.35. The highest BCUT2D eigenvalue weighted by molar-refractivity contribution is 5.48. The molecule has 1 atom stereocenters. The Morgan fingerprint density at radius 1 is 1.47 bits per heavy atom. The normalized spacial score (nSPS) is 21.6. The number of hydrogen-bond acceptors (Lipinski definition) is 3. The van der Waals surface area contributed by atoms with Crippen LogP contribution < -0.4 is 5.73 Å². The molecule has 0 bridgehead atoms. The first-order valence-corrected chi connectivity index (χ1v) is 6.37. The molecule has 0 aromatic heterocycles. The lowest BCUT2D eigenvalue weighted by molar-refractivity contribution is -0.0126. The Kier molecular flexibility index (Phi) is 4.02. The third-order valence-electron chi connectivity index (χ3n) is 3.49. The Morgan fingerprint density at radius 2 is 2.29 bits per heavy atom. The zero-order chi connectivity index (χ0) is 12.3. The van der Waals surface area contributed by atoms with Gasteiger partial charge in [0.15, 0.2) is 0 Å². The van der Waals surface area contributed by atoms with Crippen LogP contribution in [0, 0.1) is 6.92 Å². The maximum atomic E-state index is 6.04. The molecule has 3 heteroatoms. The van der Waals surface area contributed by atoms with Crippen LogP contribution in [0.15, 0.2) is 18.2 Å². The predicted molar refractivity (Wildman–Crippen MR) is 70.9 cm³/mol. The number of nitrogen functional groups attached to an aromatic ring is 1. The van der Waals surface area contributed by atoms with Gasteiger partial charge in [-0.15, -0.1) is 0 Å². The summed E-state index contributed by atoms with van der Waals surface area (Å²) in [5.41, 5.74) is 9.45. The van der Waals surface area contributed by atoms with Gasteiger partial charge in [0.25, 0.3) is 0 Å². The van der Waals surface area contributed by atoms with Gasteiger partial charge in [-0.05, 0) is 25.0 Å². The number of anilines is 1. The van der Waals surface area contributed by atoms with Gasteiger partial charge in [-0.25, -0.2) is 0 Å². The summed E-state index contributed by atoms with van der Waals surface area (Å²) >= 11 is 0. The van der Waals surface area contributed by atoms with Crippen molar-refractivity contribution in [2.75, 3.05) is 25.5 Å². The Morgan fingerprint density at radius 3 is 3.06 bits per heavy atom. The first-order valence-electron chi connectivity index (χ1n) is 6.37. The van der Waals surface area contributed by atoms with E-state index in [2.05, 4.69) is 30.9 Å². The molecule has 1 aliphatic rings. The standard InChI is InChI=1S/C14H22N2O/c1-3-13-10-17-7-6-16(13)9-12-8-11(2)4-5-14(12)15/h4-5,8,13H,3,6-7,9-10,15H2,1-2H3. The minimum atomic E-state index is 0.531. The van der Waals surface area contributed by atoms with Crippen molar-refractivity contribution in [3.05, 3.63) is 29.3 Å². The quantitative estimate of drug-likeness (QED) is 0.815. The van der Waals surface area contributed by atoms with Gasteiger partial charge >= 0.3 is 0 Å². The van der Waals surface area contributed by atoms with Crippen LogP contribution in [0.3, 0.4) is 0 Å². The van der Waals surface area contributed by atoms with Gasteiger partial charge in [0.2, 0.25) is 0 Å². The highest BCUT2D eigenvalue weighted by atomic mass is 16.5. The molecular weight excluding hydrogens is 212 g/mol. The van der Waals surface area contributed by atoms with Gasteiger partial charge in [0.05, 0.1) is 13.2 Å². The Hall–Kier alpha value is -1.06. The second kappa shape index (κ2) is 5.52. The number of benzene rings is 1. The molecule has 0 amide bonds. The zero-order valence-corrected chi connectivity index (χ0v) is 10.8. The van der Waals surface area contributed by atoms with Crippen molar-refractivity contribution < 1.29 is 4.74 Å². The van der Waals surface area contributed by atoms with Crippen LogP contribution in [0.4, 0.5) is 5.69 Å². The van der Waals surface area contributed by atoms with Crippen molar-refractivity contribution in [1.29, 1.82) is 0 Å². The molecule has 1 aromatic rings. The van der Waals surface area contributed by atoms with Crippen molar-refractivity contribution in [2.24, 2.45) is 0 Å². The molecule has 1 saturated heterocycles. The third-order valence-corrected chi connectivity index (χ3v) is 3.49. The Balaban J connectivity index is 2.10. The van der Waals surface area contributed by atoms with Crippen molar-refractivity contribution >= 4 is 5.69 Å². The minimum absolute atomic E-state index is 0.531. The highest BCUT2D eigenvalue weighted by Gasteiger charge is 2.21. The number of rotatable bonds is 3. The molecular formula is C14H22N2O. The summed E-state index contributed by atoms with van der Waals surface area (Å²) in [7, 11) is 0. The predicted octanol–water partition coefficient (Wildman–Crippen LogP) is 2.19. The second-order valence-electron chi connectivity index (χ2n) is 4.81. The lowest BCUT2D eigenvalue weighted by Crippen LogP contribution is -2.44. The molecule has 94 valence electrons. The molecule has 1 aromatic carbocycles. The number of hydrogen-bond donors (Lipinski definition) is 1. The largest absolute Gasteiger partial charge is 0.398 e. The van der Waals surface area contributed by atoms with Crippen molar-refractivity contribution in [3.63, 3.8) is 0 Å². The summed E-state index contributed by atoms with van der Waals surface area (Å²) < 4.78 is 5.52. The van der Waals surface area contributed by atoms with Crippen molar-refractivity contribution in [3.8, 4) is 0 Å². The SMILES string of the molecule is CCC1COCCN1Cc1cc(C)ccc1N.